The Hall–Kier alpha value is -1.36. The molecule has 0 spiro atoms. The van der Waals surface area contributed by atoms with Gasteiger partial charge >= 0.3 is 5.97 Å². The van der Waals surface area contributed by atoms with Gasteiger partial charge < -0.3 is 10.8 Å². The first-order chi connectivity index (χ1) is 7.36. The topological polar surface area (TPSA) is 63.3 Å². The van der Waals surface area contributed by atoms with Crippen LogP contribution in [0.4, 0.5) is 4.39 Å². The number of hydrogen-bond acceptors (Lipinski definition) is 2. The molecule has 3 N–H and O–H groups in total. The number of rotatable bonds is 3. The minimum absolute atomic E-state index is 0.396. The molecule has 86 valence electrons. The zero-order chi connectivity index (χ0) is 12.5. The van der Waals surface area contributed by atoms with Crippen molar-refractivity contribution in [3.8, 4) is 0 Å². The van der Waals surface area contributed by atoms with E-state index in [4.69, 9.17) is 10.8 Å². The highest BCUT2D eigenvalue weighted by Gasteiger charge is 2.25. The molecule has 0 saturated carbocycles. The van der Waals surface area contributed by atoms with Crippen LogP contribution in [0.15, 0.2) is 12.1 Å². The molecule has 1 aromatic rings. The Kier molecular flexibility index (Phi) is 3.70. The van der Waals surface area contributed by atoms with E-state index in [2.05, 4.69) is 0 Å². The average molecular weight is 223 g/mol. The van der Waals surface area contributed by atoms with Gasteiger partial charge in [0.25, 0.3) is 0 Å². The maximum atomic E-state index is 13.7. The number of carboxylic acids is 1. The van der Waals surface area contributed by atoms with Crippen LogP contribution in [0.3, 0.4) is 0 Å². The summed E-state index contributed by atoms with van der Waals surface area (Å²) in [5, 5.41) is 8.82. The Morgan fingerprint density at radius 2 is 2.12 bits per heavy atom. The van der Waals surface area contributed by atoms with Gasteiger partial charge in [0.15, 0.2) is 0 Å². The van der Waals surface area contributed by atoms with Gasteiger partial charge in [-0.3, -0.25) is 4.79 Å². The summed E-state index contributed by atoms with van der Waals surface area (Å²) in [6.45, 7) is 3.41. The molecule has 0 saturated heterocycles. The van der Waals surface area contributed by atoms with Crippen LogP contribution in [0, 0.1) is 12.7 Å². The average Bonchev–Trinajstić information content (AvgIpc) is 2.22. The summed E-state index contributed by atoms with van der Waals surface area (Å²) in [4.78, 5) is 10.8. The Bertz CT molecular complexity index is 423. The van der Waals surface area contributed by atoms with E-state index in [-0.39, 0.29) is 0 Å². The van der Waals surface area contributed by atoms with Crippen LogP contribution in [-0.4, -0.2) is 25.0 Å². The van der Waals surface area contributed by atoms with Gasteiger partial charge in [-0.1, -0.05) is 24.0 Å². The molecule has 2 atom stereocenters. The van der Waals surface area contributed by atoms with Crippen LogP contribution in [-0.2, 0) is 4.79 Å². The van der Waals surface area contributed by atoms with E-state index in [0.29, 0.717) is 5.56 Å². The van der Waals surface area contributed by atoms with E-state index in [1.807, 2.05) is 7.85 Å². The summed E-state index contributed by atoms with van der Waals surface area (Å²) >= 11 is 0. The van der Waals surface area contributed by atoms with Crippen molar-refractivity contribution in [2.75, 3.05) is 0 Å². The number of benzene rings is 1. The fourth-order valence-corrected chi connectivity index (χ4v) is 1.76. The maximum absolute atomic E-state index is 13.7. The summed E-state index contributed by atoms with van der Waals surface area (Å²) in [5.41, 5.74) is 7.61. The summed E-state index contributed by atoms with van der Waals surface area (Å²) in [5.74, 6) is -2.06. The molecule has 0 aliphatic rings. The second kappa shape index (κ2) is 4.66. The molecule has 0 amide bonds. The van der Waals surface area contributed by atoms with Crippen LogP contribution >= 0.6 is 0 Å². The molecule has 0 aliphatic heterocycles. The van der Waals surface area contributed by atoms with Gasteiger partial charge in [0.05, 0.1) is 0 Å². The number of halogens is 1. The fourth-order valence-electron chi connectivity index (χ4n) is 1.76. The first kappa shape index (κ1) is 12.7. The van der Waals surface area contributed by atoms with Crippen LogP contribution < -0.4 is 11.2 Å². The molecule has 1 rings (SSSR count). The molecule has 1 aromatic carbocycles. The molecule has 0 unspecified atom stereocenters. The number of nitrogens with two attached hydrogens (primary N) is 1. The summed E-state index contributed by atoms with van der Waals surface area (Å²) < 4.78 is 13.7. The molecule has 0 bridgehead atoms. The standard InChI is InChI=1S/C11H15BFNO2/c1-5-7(12)3-4-8(13)9(5)6(2)10(14)11(15)16/h3-4,6,10H,12,14H2,1-2H3,(H,15,16)/t6-,10+/m1/s1. The third-order valence-corrected chi connectivity index (χ3v) is 3.01. The molecule has 0 aromatic heterocycles. The Morgan fingerprint density at radius 3 is 2.62 bits per heavy atom. The first-order valence-electron chi connectivity index (χ1n) is 5.10. The van der Waals surface area contributed by atoms with Crippen molar-refractivity contribution >= 4 is 19.3 Å². The predicted octanol–water partition coefficient (Wildman–Crippen LogP) is -0.0921. The fraction of sp³-hybridized carbons (Fsp3) is 0.364. The molecule has 16 heavy (non-hydrogen) atoms. The lowest BCUT2D eigenvalue weighted by Crippen LogP contribution is -2.36. The second-order valence-corrected chi connectivity index (χ2v) is 4.06. The number of aliphatic carboxylic acids is 1. The molecule has 0 heterocycles. The lowest BCUT2D eigenvalue weighted by Gasteiger charge is -2.20. The Morgan fingerprint density at radius 1 is 1.56 bits per heavy atom. The van der Waals surface area contributed by atoms with Crippen LogP contribution in [0.1, 0.15) is 24.0 Å². The van der Waals surface area contributed by atoms with Crippen molar-refractivity contribution in [2.24, 2.45) is 5.73 Å². The van der Waals surface area contributed by atoms with Gasteiger partial charge in [0.1, 0.15) is 19.7 Å². The molecule has 5 heteroatoms. The first-order valence-corrected chi connectivity index (χ1v) is 5.10. The molecule has 3 nitrogen and oxygen atoms in total. The van der Waals surface area contributed by atoms with Crippen molar-refractivity contribution in [3.63, 3.8) is 0 Å². The van der Waals surface area contributed by atoms with Crippen LogP contribution in [0.5, 0.6) is 0 Å². The minimum atomic E-state index is -1.12. The lowest BCUT2D eigenvalue weighted by atomic mass is 9.82. The van der Waals surface area contributed by atoms with Crippen LogP contribution in [0.2, 0.25) is 0 Å². The number of carboxylic acid groups (broad SMARTS) is 1. The zero-order valence-electron chi connectivity index (χ0n) is 9.62. The SMILES string of the molecule is Bc1ccc(F)c([C@@H](C)[C@H](N)C(=O)O)c1C. The van der Waals surface area contributed by atoms with Crippen molar-refractivity contribution in [2.45, 2.75) is 25.8 Å². The van der Waals surface area contributed by atoms with Crippen molar-refractivity contribution < 1.29 is 14.3 Å². The van der Waals surface area contributed by atoms with E-state index in [1.165, 1.54) is 6.07 Å². The lowest BCUT2D eigenvalue weighted by molar-refractivity contribution is -0.139. The van der Waals surface area contributed by atoms with E-state index in [9.17, 15) is 9.18 Å². The van der Waals surface area contributed by atoms with Crippen molar-refractivity contribution in [1.82, 2.24) is 0 Å². The quantitative estimate of drug-likeness (QED) is 0.703. The molecular weight excluding hydrogens is 208 g/mol. The number of hydrogen-bond donors (Lipinski definition) is 2. The molecule has 0 radical (unpaired) electrons. The van der Waals surface area contributed by atoms with Gasteiger partial charge in [0.2, 0.25) is 0 Å². The summed E-state index contributed by atoms with van der Waals surface area (Å²) in [7, 11) is 1.86. The highest BCUT2D eigenvalue weighted by molar-refractivity contribution is 6.33. The van der Waals surface area contributed by atoms with Crippen molar-refractivity contribution in [3.05, 3.63) is 29.1 Å². The largest absolute Gasteiger partial charge is 0.480 e. The normalized spacial score (nSPS) is 14.5. The van der Waals surface area contributed by atoms with E-state index in [1.54, 1.807) is 19.9 Å². The molecule has 0 aliphatic carbocycles. The van der Waals surface area contributed by atoms with E-state index < -0.39 is 23.7 Å². The van der Waals surface area contributed by atoms with Gasteiger partial charge in [-0.25, -0.2) is 4.39 Å². The molecule has 0 fully saturated rings. The highest BCUT2D eigenvalue weighted by Crippen LogP contribution is 2.23. The monoisotopic (exact) mass is 223 g/mol. The van der Waals surface area contributed by atoms with Gasteiger partial charge in [-0.15, -0.1) is 0 Å². The summed E-state index contributed by atoms with van der Waals surface area (Å²) in [6, 6.07) is 1.94. The Balaban J connectivity index is 3.22. The van der Waals surface area contributed by atoms with Gasteiger partial charge in [-0.2, -0.15) is 0 Å². The predicted molar refractivity (Wildman–Crippen MR) is 63.3 cm³/mol. The van der Waals surface area contributed by atoms with Gasteiger partial charge in [0, 0.05) is 5.92 Å². The smallest absolute Gasteiger partial charge is 0.321 e. The van der Waals surface area contributed by atoms with Crippen molar-refractivity contribution in [1.29, 1.82) is 0 Å². The number of carbonyl (C=O) groups is 1. The minimum Gasteiger partial charge on any atom is -0.480 e. The van der Waals surface area contributed by atoms with E-state index >= 15 is 0 Å². The van der Waals surface area contributed by atoms with Gasteiger partial charge in [-0.05, 0) is 18.6 Å². The third-order valence-electron chi connectivity index (χ3n) is 3.01. The van der Waals surface area contributed by atoms with E-state index in [0.717, 1.165) is 11.0 Å². The second-order valence-electron chi connectivity index (χ2n) is 4.06. The third kappa shape index (κ3) is 2.24. The maximum Gasteiger partial charge on any atom is 0.321 e. The molecular formula is C11H15BFNO2. The highest BCUT2D eigenvalue weighted by atomic mass is 19.1. The zero-order valence-corrected chi connectivity index (χ0v) is 9.62. The summed E-state index contributed by atoms with van der Waals surface area (Å²) in [6.07, 6.45) is 0. The Labute approximate surface area is 94.9 Å². The van der Waals surface area contributed by atoms with Crippen LogP contribution in [0.25, 0.3) is 0 Å².